The number of furan rings is 1. The van der Waals surface area contributed by atoms with Crippen molar-refractivity contribution in [2.75, 3.05) is 4.90 Å². The number of nitrogens with zero attached hydrogens (tertiary/aromatic N) is 1. The molecular formula is C64H43NO. The summed E-state index contributed by atoms with van der Waals surface area (Å²) in [6, 6.07) is 93.9. The lowest BCUT2D eigenvalue weighted by Crippen LogP contribution is -2.29. The number of hydrogen-bond acceptors (Lipinski definition) is 2. The van der Waals surface area contributed by atoms with E-state index in [1.165, 1.54) is 77.9 Å². The second-order valence-corrected chi connectivity index (χ2v) is 17.6. The first-order valence-electron chi connectivity index (χ1n) is 22.8. The van der Waals surface area contributed by atoms with Crippen LogP contribution in [0, 0.1) is 0 Å². The standard InChI is InChI=1S/C64H43NO/c1-5-17-44(18-6-1)45-29-32-50(33-30-45)64(49-23-11-4-12-24-49)58-27-15-13-25-54(58)56-37-35-52(42-61(56)64)65(53-34-31-46-39-40-66-62(46)43-53)51-36-38-60-57(41-51)55-26-14-16-28-59(55)63(60,47-19-7-2-8-20-47)48-21-9-3-10-22-48/h1-43H. The van der Waals surface area contributed by atoms with E-state index < -0.39 is 10.8 Å². The Balaban J connectivity index is 1.06. The zero-order valence-electron chi connectivity index (χ0n) is 36.2. The van der Waals surface area contributed by atoms with Crippen molar-refractivity contribution >= 4 is 28.0 Å². The first kappa shape index (κ1) is 38.0. The Morgan fingerprint density at radius 3 is 1.36 bits per heavy atom. The highest BCUT2D eigenvalue weighted by molar-refractivity contribution is 5.94. The minimum absolute atomic E-state index is 0.490. The van der Waals surface area contributed by atoms with Crippen molar-refractivity contribution in [1.29, 1.82) is 0 Å². The molecule has 2 aliphatic rings. The average Bonchev–Trinajstić information content (AvgIpc) is 4.08. The molecule has 13 rings (SSSR count). The van der Waals surface area contributed by atoms with Crippen LogP contribution in [-0.4, -0.2) is 0 Å². The zero-order valence-corrected chi connectivity index (χ0v) is 36.2. The molecule has 1 atom stereocenters. The summed E-state index contributed by atoms with van der Waals surface area (Å²) in [6.45, 7) is 0. The van der Waals surface area contributed by atoms with Gasteiger partial charge in [-0.05, 0) is 120 Å². The van der Waals surface area contributed by atoms with E-state index in [1.807, 2.05) is 6.07 Å². The van der Waals surface area contributed by atoms with Gasteiger partial charge in [0.15, 0.2) is 0 Å². The molecular weight excluding hydrogens is 799 g/mol. The third-order valence-electron chi connectivity index (χ3n) is 14.3. The van der Waals surface area contributed by atoms with E-state index in [-0.39, 0.29) is 0 Å². The summed E-state index contributed by atoms with van der Waals surface area (Å²) >= 11 is 0. The minimum Gasteiger partial charge on any atom is -0.464 e. The summed E-state index contributed by atoms with van der Waals surface area (Å²) in [6.07, 6.45) is 1.78. The van der Waals surface area contributed by atoms with Crippen LogP contribution in [-0.2, 0) is 10.8 Å². The molecule has 11 aromatic rings. The fourth-order valence-corrected chi connectivity index (χ4v) is 11.5. The van der Waals surface area contributed by atoms with Crippen molar-refractivity contribution in [1.82, 2.24) is 0 Å². The lowest BCUT2D eigenvalue weighted by Gasteiger charge is -2.35. The summed E-state index contributed by atoms with van der Waals surface area (Å²) in [5, 5.41) is 1.07. The molecule has 1 aromatic heterocycles. The van der Waals surface area contributed by atoms with Crippen LogP contribution in [0.5, 0.6) is 0 Å². The molecule has 310 valence electrons. The van der Waals surface area contributed by atoms with E-state index in [1.54, 1.807) is 6.26 Å². The van der Waals surface area contributed by atoms with Crippen LogP contribution in [0.4, 0.5) is 17.1 Å². The fourth-order valence-electron chi connectivity index (χ4n) is 11.5. The fraction of sp³-hybridized carbons (Fsp3) is 0.0312. The Kier molecular flexibility index (Phi) is 8.69. The van der Waals surface area contributed by atoms with Gasteiger partial charge >= 0.3 is 0 Å². The van der Waals surface area contributed by atoms with Crippen molar-refractivity contribution in [3.8, 4) is 33.4 Å². The summed E-state index contributed by atoms with van der Waals surface area (Å²) in [5.74, 6) is 0. The molecule has 0 fully saturated rings. The molecule has 1 heterocycles. The van der Waals surface area contributed by atoms with Crippen molar-refractivity contribution in [3.05, 3.63) is 306 Å². The van der Waals surface area contributed by atoms with E-state index in [0.29, 0.717) is 0 Å². The smallest absolute Gasteiger partial charge is 0.135 e. The SMILES string of the molecule is c1ccc(-c2ccc(C3(c4ccccc4)c4ccccc4-c4ccc(N(c5ccc6c(c5)-c5ccccc5C6(c5ccccc5)c5ccccc5)c5ccc6ccoc6c5)cc43)cc2)cc1. The molecule has 1 unspecified atom stereocenters. The van der Waals surface area contributed by atoms with E-state index in [9.17, 15) is 0 Å². The second-order valence-electron chi connectivity index (χ2n) is 17.6. The lowest BCUT2D eigenvalue weighted by atomic mass is 9.67. The first-order chi connectivity index (χ1) is 32.7. The van der Waals surface area contributed by atoms with Gasteiger partial charge in [0.05, 0.1) is 17.1 Å². The number of anilines is 3. The molecule has 10 aromatic carbocycles. The normalized spacial score (nSPS) is 15.2. The highest BCUT2D eigenvalue weighted by Gasteiger charge is 2.48. The second kappa shape index (κ2) is 15.1. The van der Waals surface area contributed by atoms with Crippen LogP contribution < -0.4 is 4.90 Å². The summed E-state index contributed by atoms with van der Waals surface area (Å²) in [4.78, 5) is 2.42. The van der Waals surface area contributed by atoms with Gasteiger partial charge in [-0.25, -0.2) is 0 Å². The Bertz CT molecular complexity index is 3540. The van der Waals surface area contributed by atoms with Crippen LogP contribution in [0.2, 0.25) is 0 Å². The molecule has 0 radical (unpaired) electrons. The van der Waals surface area contributed by atoms with Crippen LogP contribution in [0.15, 0.2) is 265 Å². The summed E-state index contributed by atoms with van der Waals surface area (Å²) in [7, 11) is 0. The number of benzene rings is 10. The molecule has 2 nitrogen and oxygen atoms in total. The first-order valence-corrected chi connectivity index (χ1v) is 22.8. The maximum Gasteiger partial charge on any atom is 0.135 e. The zero-order chi connectivity index (χ0) is 43.7. The van der Waals surface area contributed by atoms with Crippen LogP contribution >= 0.6 is 0 Å². The van der Waals surface area contributed by atoms with Gasteiger partial charge in [0.2, 0.25) is 0 Å². The summed E-state index contributed by atoms with van der Waals surface area (Å²) < 4.78 is 6.11. The Morgan fingerprint density at radius 1 is 0.288 bits per heavy atom. The third kappa shape index (κ3) is 5.55. The van der Waals surface area contributed by atoms with Gasteiger partial charge < -0.3 is 9.32 Å². The molecule has 0 bridgehead atoms. The van der Waals surface area contributed by atoms with E-state index in [2.05, 4.69) is 254 Å². The molecule has 2 aliphatic carbocycles. The van der Waals surface area contributed by atoms with E-state index in [0.717, 1.165) is 28.0 Å². The van der Waals surface area contributed by atoms with Crippen molar-refractivity contribution in [3.63, 3.8) is 0 Å². The molecule has 0 spiro atoms. The van der Waals surface area contributed by atoms with Crippen LogP contribution in [0.25, 0.3) is 44.3 Å². The van der Waals surface area contributed by atoms with Crippen molar-refractivity contribution in [2.45, 2.75) is 10.8 Å². The van der Waals surface area contributed by atoms with Gasteiger partial charge in [-0.1, -0.05) is 206 Å². The topological polar surface area (TPSA) is 16.4 Å². The lowest BCUT2D eigenvalue weighted by molar-refractivity contribution is 0.616. The Labute approximate surface area is 385 Å². The molecule has 66 heavy (non-hydrogen) atoms. The highest BCUT2D eigenvalue weighted by atomic mass is 16.3. The van der Waals surface area contributed by atoms with Gasteiger partial charge in [-0.3, -0.25) is 0 Å². The van der Waals surface area contributed by atoms with Gasteiger partial charge in [-0.2, -0.15) is 0 Å². The largest absolute Gasteiger partial charge is 0.464 e. The Morgan fingerprint density at radius 2 is 0.727 bits per heavy atom. The van der Waals surface area contributed by atoms with Crippen molar-refractivity contribution in [2.24, 2.45) is 0 Å². The van der Waals surface area contributed by atoms with Gasteiger partial charge in [0.25, 0.3) is 0 Å². The third-order valence-corrected chi connectivity index (χ3v) is 14.3. The van der Waals surface area contributed by atoms with E-state index in [4.69, 9.17) is 4.42 Å². The predicted octanol–water partition coefficient (Wildman–Crippen LogP) is 16.3. The number of fused-ring (bicyclic) bond motifs is 7. The molecule has 0 saturated carbocycles. The number of hydrogen-bond donors (Lipinski definition) is 0. The number of rotatable bonds is 8. The summed E-state index contributed by atoms with van der Waals surface area (Å²) in [5.41, 5.74) is 20.4. The van der Waals surface area contributed by atoms with Crippen LogP contribution in [0.1, 0.15) is 44.5 Å². The van der Waals surface area contributed by atoms with Gasteiger partial charge in [0.1, 0.15) is 5.58 Å². The highest BCUT2D eigenvalue weighted by Crippen LogP contribution is 2.59. The average molecular weight is 842 g/mol. The molecule has 0 N–H and O–H groups in total. The Hall–Kier alpha value is -8.46. The quantitative estimate of drug-likeness (QED) is 0.152. The van der Waals surface area contributed by atoms with Gasteiger partial charge in [0, 0.05) is 28.5 Å². The predicted molar refractivity (Wildman–Crippen MR) is 271 cm³/mol. The molecule has 0 saturated heterocycles. The molecule has 2 heteroatoms. The van der Waals surface area contributed by atoms with Crippen LogP contribution in [0.3, 0.4) is 0 Å². The molecule has 0 amide bonds. The van der Waals surface area contributed by atoms with Gasteiger partial charge in [-0.15, -0.1) is 0 Å². The monoisotopic (exact) mass is 841 g/mol. The van der Waals surface area contributed by atoms with E-state index >= 15 is 0 Å². The van der Waals surface area contributed by atoms with Crippen molar-refractivity contribution < 1.29 is 4.42 Å². The molecule has 0 aliphatic heterocycles. The minimum atomic E-state index is -0.586. The maximum atomic E-state index is 6.11. The maximum absolute atomic E-state index is 6.11.